The lowest BCUT2D eigenvalue weighted by molar-refractivity contribution is 0.220. The lowest BCUT2D eigenvalue weighted by atomic mass is 10.0. The molecular formula is C12H17NO2. The number of rotatable bonds is 2. The van der Waals surface area contributed by atoms with Crippen molar-refractivity contribution in [2.75, 3.05) is 7.11 Å². The Morgan fingerprint density at radius 3 is 2.80 bits per heavy atom. The van der Waals surface area contributed by atoms with Gasteiger partial charge in [-0.3, -0.25) is 0 Å². The van der Waals surface area contributed by atoms with Crippen molar-refractivity contribution in [3.63, 3.8) is 0 Å². The zero-order chi connectivity index (χ0) is 11.0. The molecule has 0 aliphatic carbocycles. The van der Waals surface area contributed by atoms with Crippen molar-refractivity contribution in [1.29, 1.82) is 0 Å². The van der Waals surface area contributed by atoms with Gasteiger partial charge in [0.1, 0.15) is 6.10 Å². The minimum atomic E-state index is -0.0413. The highest BCUT2D eigenvalue weighted by Gasteiger charge is 2.31. The van der Waals surface area contributed by atoms with Gasteiger partial charge in [-0.2, -0.15) is 0 Å². The van der Waals surface area contributed by atoms with Gasteiger partial charge in [-0.15, -0.1) is 0 Å². The van der Waals surface area contributed by atoms with Crippen LogP contribution in [0.3, 0.4) is 0 Å². The van der Waals surface area contributed by atoms with Crippen LogP contribution in [-0.2, 0) is 6.42 Å². The molecule has 15 heavy (non-hydrogen) atoms. The third-order valence-electron chi connectivity index (χ3n) is 2.94. The van der Waals surface area contributed by atoms with Gasteiger partial charge in [-0.05, 0) is 25.0 Å². The molecule has 0 radical (unpaired) electrons. The number of hydrogen-bond acceptors (Lipinski definition) is 3. The maximum atomic E-state index is 6.06. The molecule has 0 aromatic heterocycles. The smallest absolute Gasteiger partial charge is 0.166 e. The number of hydrogen-bond donors (Lipinski definition) is 1. The number of benzene rings is 1. The maximum absolute atomic E-state index is 6.06. The summed E-state index contributed by atoms with van der Waals surface area (Å²) in [5.74, 6) is 1.61. The van der Waals surface area contributed by atoms with Crippen molar-refractivity contribution in [2.24, 2.45) is 5.73 Å². The quantitative estimate of drug-likeness (QED) is 0.807. The molecule has 0 bridgehead atoms. The largest absolute Gasteiger partial charge is 0.493 e. The van der Waals surface area contributed by atoms with Gasteiger partial charge in [-0.25, -0.2) is 0 Å². The van der Waals surface area contributed by atoms with Crippen molar-refractivity contribution in [1.82, 2.24) is 0 Å². The molecule has 2 unspecified atom stereocenters. The van der Waals surface area contributed by atoms with Gasteiger partial charge in [0.15, 0.2) is 11.5 Å². The van der Waals surface area contributed by atoms with Crippen LogP contribution in [0.25, 0.3) is 0 Å². The first kappa shape index (κ1) is 10.3. The fourth-order valence-corrected chi connectivity index (χ4v) is 1.92. The predicted octanol–water partition coefficient (Wildman–Crippen LogP) is 2.04. The number of ether oxygens (including phenoxy) is 2. The van der Waals surface area contributed by atoms with Crippen molar-refractivity contribution in [2.45, 2.75) is 32.4 Å². The average molecular weight is 207 g/mol. The van der Waals surface area contributed by atoms with E-state index in [4.69, 9.17) is 15.2 Å². The van der Waals surface area contributed by atoms with E-state index in [0.717, 1.165) is 23.5 Å². The van der Waals surface area contributed by atoms with Crippen molar-refractivity contribution >= 4 is 0 Å². The van der Waals surface area contributed by atoms with Crippen LogP contribution in [-0.4, -0.2) is 13.2 Å². The SMILES string of the molecule is CCc1cc(OC)c2c(c1)C(N)C(C)O2. The molecule has 0 fully saturated rings. The first-order valence-electron chi connectivity index (χ1n) is 5.30. The fourth-order valence-electron chi connectivity index (χ4n) is 1.92. The molecule has 0 saturated heterocycles. The van der Waals surface area contributed by atoms with Gasteiger partial charge in [0.05, 0.1) is 13.2 Å². The van der Waals surface area contributed by atoms with Crippen LogP contribution in [0.1, 0.15) is 31.0 Å². The Morgan fingerprint density at radius 1 is 1.47 bits per heavy atom. The van der Waals surface area contributed by atoms with Crippen molar-refractivity contribution in [3.05, 3.63) is 23.3 Å². The summed E-state index contributed by atoms with van der Waals surface area (Å²) in [6.45, 7) is 4.10. The molecule has 2 rings (SSSR count). The van der Waals surface area contributed by atoms with E-state index in [9.17, 15) is 0 Å². The summed E-state index contributed by atoms with van der Waals surface area (Å²) >= 11 is 0. The summed E-state index contributed by atoms with van der Waals surface area (Å²) in [4.78, 5) is 0. The van der Waals surface area contributed by atoms with Crippen LogP contribution in [0.4, 0.5) is 0 Å². The van der Waals surface area contributed by atoms with Crippen LogP contribution < -0.4 is 15.2 Å². The molecule has 1 aromatic rings. The van der Waals surface area contributed by atoms with Crippen molar-refractivity contribution < 1.29 is 9.47 Å². The van der Waals surface area contributed by atoms with Gasteiger partial charge < -0.3 is 15.2 Å². The van der Waals surface area contributed by atoms with Crippen LogP contribution in [0, 0.1) is 0 Å². The summed E-state index contributed by atoms with van der Waals surface area (Å²) in [5, 5.41) is 0. The Kier molecular flexibility index (Phi) is 2.57. The molecule has 1 aliphatic rings. The average Bonchev–Trinajstić information content (AvgIpc) is 2.54. The third kappa shape index (κ3) is 1.57. The van der Waals surface area contributed by atoms with Gasteiger partial charge >= 0.3 is 0 Å². The van der Waals surface area contributed by atoms with Gasteiger partial charge in [-0.1, -0.05) is 13.0 Å². The zero-order valence-electron chi connectivity index (χ0n) is 9.41. The number of nitrogens with two attached hydrogens (primary N) is 1. The van der Waals surface area contributed by atoms with Crippen molar-refractivity contribution in [3.8, 4) is 11.5 Å². The molecule has 2 atom stereocenters. The standard InChI is InChI=1S/C12H17NO2/c1-4-8-5-9-11(13)7(2)15-12(9)10(6-8)14-3/h5-7,11H,4,13H2,1-3H3. The van der Waals surface area contributed by atoms with Gasteiger partial charge in [0.25, 0.3) is 0 Å². The van der Waals surface area contributed by atoms with Gasteiger partial charge in [0.2, 0.25) is 0 Å². The van der Waals surface area contributed by atoms with E-state index < -0.39 is 0 Å². The highest BCUT2D eigenvalue weighted by molar-refractivity contribution is 5.53. The summed E-state index contributed by atoms with van der Waals surface area (Å²) in [7, 11) is 1.66. The lowest BCUT2D eigenvalue weighted by Crippen LogP contribution is -2.21. The summed E-state index contributed by atoms with van der Waals surface area (Å²) in [6.07, 6.45) is 1.01. The predicted molar refractivity (Wildman–Crippen MR) is 59.4 cm³/mol. The number of fused-ring (bicyclic) bond motifs is 1. The lowest BCUT2D eigenvalue weighted by Gasteiger charge is -2.09. The first-order chi connectivity index (χ1) is 7.17. The zero-order valence-corrected chi connectivity index (χ0v) is 9.41. The van der Waals surface area contributed by atoms with E-state index in [2.05, 4.69) is 13.0 Å². The molecule has 2 N–H and O–H groups in total. The molecule has 82 valence electrons. The summed E-state index contributed by atoms with van der Waals surface area (Å²) in [6, 6.07) is 4.09. The second kappa shape index (κ2) is 3.74. The molecule has 3 heteroatoms. The Hall–Kier alpha value is -1.22. The molecule has 1 aliphatic heterocycles. The Balaban J connectivity index is 2.52. The second-order valence-corrected chi connectivity index (χ2v) is 3.92. The monoisotopic (exact) mass is 207 g/mol. The topological polar surface area (TPSA) is 44.5 Å². The minimum absolute atomic E-state index is 0.0287. The summed E-state index contributed by atoms with van der Waals surface area (Å²) in [5.41, 5.74) is 8.36. The molecule has 3 nitrogen and oxygen atoms in total. The van der Waals surface area contributed by atoms with Crippen LogP contribution in [0.2, 0.25) is 0 Å². The maximum Gasteiger partial charge on any atom is 0.166 e. The van der Waals surface area contributed by atoms with E-state index in [1.54, 1.807) is 7.11 Å². The molecule has 0 saturated carbocycles. The van der Waals surface area contributed by atoms with E-state index >= 15 is 0 Å². The van der Waals surface area contributed by atoms with E-state index in [0.29, 0.717) is 0 Å². The van der Waals surface area contributed by atoms with Crippen LogP contribution in [0.5, 0.6) is 11.5 Å². The number of aryl methyl sites for hydroxylation is 1. The fraction of sp³-hybridized carbons (Fsp3) is 0.500. The highest BCUT2D eigenvalue weighted by atomic mass is 16.5. The highest BCUT2D eigenvalue weighted by Crippen LogP contribution is 2.43. The second-order valence-electron chi connectivity index (χ2n) is 3.92. The van der Waals surface area contributed by atoms with E-state index in [1.165, 1.54) is 5.56 Å². The Bertz CT molecular complexity index is 376. The first-order valence-corrected chi connectivity index (χ1v) is 5.30. The number of methoxy groups -OCH3 is 1. The molecule has 0 spiro atoms. The third-order valence-corrected chi connectivity index (χ3v) is 2.94. The van der Waals surface area contributed by atoms with E-state index in [-0.39, 0.29) is 12.1 Å². The van der Waals surface area contributed by atoms with Gasteiger partial charge in [0, 0.05) is 5.56 Å². The van der Waals surface area contributed by atoms with Crippen LogP contribution in [0.15, 0.2) is 12.1 Å². The van der Waals surface area contributed by atoms with Crippen LogP contribution >= 0.6 is 0 Å². The molecule has 1 heterocycles. The molecular weight excluding hydrogens is 190 g/mol. The molecule has 1 aromatic carbocycles. The Morgan fingerprint density at radius 2 is 2.20 bits per heavy atom. The normalized spacial score (nSPS) is 23.5. The molecule has 0 amide bonds. The van der Waals surface area contributed by atoms with E-state index in [1.807, 2.05) is 13.0 Å². The summed E-state index contributed by atoms with van der Waals surface area (Å²) < 4.78 is 11.0. The Labute approximate surface area is 90.2 Å². The minimum Gasteiger partial charge on any atom is -0.493 e.